The van der Waals surface area contributed by atoms with Crippen LogP contribution in [0, 0.1) is 5.92 Å². The third-order valence-electron chi connectivity index (χ3n) is 8.26. The molecule has 2 unspecified atom stereocenters. The van der Waals surface area contributed by atoms with Gasteiger partial charge in [-0.05, 0) is 123 Å². The Hall–Kier alpha value is -4.60. The van der Waals surface area contributed by atoms with Crippen LogP contribution in [0.15, 0.2) is 113 Å². The highest BCUT2D eigenvalue weighted by atomic mass is 35.5. The molecule has 0 spiro atoms. The van der Waals surface area contributed by atoms with Crippen LogP contribution in [0.4, 0.5) is 5.69 Å². The third-order valence-corrected chi connectivity index (χ3v) is 9.89. The first kappa shape index (κ1) is 32.3. The Morgan fingerprint density at radius 2 is 1.60 bits per heavy atom. The number of benzene rings is 4. The van der Waals surface area contributed by atoms with Gasteiger partial charge in [0.05, 0.1) is 29.9 Å². The van der Waals surface area contributed by atoms with Crippen molar-refractivity contribution in [1.82, 2.24) is 5.01 Å². The number of anilines is 1. The molecule has 1 N–H and O–H groups in total. The van der Waals surface area contributed by atoms with Gasteiger partial charge in [0.1, 0.15) is 11.5 Å². The lowest BCUT2D eigenvalue weighted by molar-refractivity contribution is 0.0680. The molecule has 2 aliphatic rings. The lowest BCUT2D eigenvalue weighted by Gasteiger charge is -2.30. The molecule has 0 radical (unpaired) electrons. The predicted molar refractivity (Wildman–Crippen MR) is 186 cm³/mol. The molecule has 0 bridgehead atoms. The summed E-state index contributed by atoms with van der Waals surface area (Å²) < 4.78 is 40.5. The minimum atomic E-state index is -3.98. The second kappa shape index (κ2) is 14.0. The largest absolute Gasteiger partial charge is 0.494 e. The second-order valence-electron chi connectivity index (χ2n) is 11.4. The van der Waals surface area contributed by atoms with E-state index in [2.05, 4.69) is 10.8 Å². The quantitative estimate of drug-likeness (QED) is 0.183. The van der Waals surface area contributed by atoms with Crippen LogP contribution in [0.3, 0.4) is 0 Å². The number of ether oxygens (including phenoxy) is 2. The first-order valence-electron chi connectivity index (χ1n) is 15.7. The normalized spacial score (nSPS) is 18.4. The SMILES string of the molecule is CCOc1ccc(/C=C2\CCCC3C2=NN(C(=O)c2cccc(S(=O)(=O)Nc4ccc(Cl)cc4)c2)C3c2ccc(OCC)cc2)cc1. The average molecular weight is 670 g/mol. The molecule has 10 heteroatoms. The van der Waals surface area contributed by atoms with E-state index in [0.717, 1.165) is 53.2 Å². The molecule has 8 nitrogen and oxygen atoms in total. The van der Waals surface area contributed by atoms with E-state index in [1.54, 1.807) is 36.4 Å². The van der Waals surface area contributed by atoms with Crippen molar-refractivity contribution in [1.29, 1.82) is 0 Å². The fraction of sp³-hybridized carbons (Fsp3) is 0.243. The minimum Gasteiger partial charge on any atom is -0.494 e. The molecular weight excluding hydrogens is 634 g/mol. The molecule has 6 rings (SSSR count). The molecule has 1 aliphatic heterocycles. The highest BCUT2D eigenvalue weighted by molar-refractivity contribution is 7.92. The minimum absolute atomic E-state index is 0.0296. The zero-order valence-corrected chi connectivity index (χ0v) is 27.8. The summed E-state index contributed by atoms with van der Waals surface area (Å²) in [6.45, 7) is 5.04. The van der Waals surface area contributed by atoms with E-state index in [9.17, 15) is 13.2 Å². The van der Waals surface area contributed by atoms with Gasteiger partial charge in [-0.2, -0.15) is 5.10 Å². The summed E-state index contributed by atoms with van der Waals surface area (Å²) in [5, 5.41) is 7.02. The summed E-state index contributed by atoms with van der Waals surface area (Å²) in [6.07, 6.45) is 4.79. The number of halogens is 1. The number of carbonyl (C=O) groups is 1. The van der Waals surface area contributed by atoms with Gasteiger partial charge >= 0.3 is 0 Å². The van der Waals surface area contributed by atoms with E-state index in [0.29, 0.717) is 23.9 Å². The highest BCUT2D eigenvalue weighted by Crippen LogP contribution is 2.45. The predicted octanol–water partition coefficient (Wildman–Crippen LogP) is 8.38. The van der Waals surface area contributed by atoms with Crippen molar-refractivity contribution in [2.45, 2.75) is 44.0 Å². The van der Waals surface area contributed by atoms with E-state index >= 15 is 0 Å². The molecule has 2 atom stereocenters. The van der Waals surface area contributed by atoms with E-state index in [1.165, 1.54) is 17.1 Å². The van der Waals surface area contributed by atoms with Crippen molar-refractivity contribution >= 4 is 45.0 Å². The van der Waals surface area contributed by atoms with Crippen molar-refractivity contribution < 1.29 is 22.7 Å². The van der Waals surface area contributed by atoms with Crippen LogP contribution in [0.1, 0.15) is 60.6 Å². The molecule has 1 heterocycles. The number of nitrogens with one attached hydrogen (secondary N) is 1. The first-order chi connectivity index (χ1) is 22.8. The van der Waals surface area contributed by atoms with Crippen molar-refractivity contribution in [3.05, 3.63) is 124 Å². The summed E-state index contributed by atoms with van der Waals surface area (Å²) in [6, 6.07) is 27.8. The maximum Gasteiger partial charge on any atom is 0.274 e. The van der Waals surface area contributed by atoms with Crippen LogP contribution < -0.4 is 14.2 Å². The van der Waals surface area contributed by atoms with Crippen LogP contribution in [0.25, 0.3) is 6.08 Å². The molecule has 47 heavy (non-hydrogen) atoms. The van der Waals surface area contributed by atoms with Crippen LogP contribution >= 0.6 is 11.6 Å². The molecule has 4 aromatic carbocycles. The Kier molecular flexibility index (Phi) is 9.66. The van der Waals surface area contributed by atoms with Crippen LogP contribution in [-0.4, -0.2) is 38.3 Å². The summed E-state index contributed by atoms with van der Waals surface area (Å²) in [7, 11) is -3.98. The van der Waals surface area contributed by atoms with Gasteiger partial charge in [-0.15, -0.1) is 0 Å². The van der Waals surface area contributed by atoms with Crippen molar-refractivity contribution in [3.63, 3.8) is 0 Å². The smallest absolute Gasteiger partial charge is 0.274 e. The fourth-order valence-electron chi connectivity index (χ4n) is 6.12. The Morgan fingerprint density at radius 1 is 0.936 bits per heavy atom. The number of sulfonamides is 1. The number of rotatable bonds is 10. The summed E-state index contributed by atoms with van der Waals surface area (Å²) in [5.74, 6) is 1.15. The van der Waals surface area contributed by atoms with Crippen LogP contribution in [0.2, 0.25) is 5.02 Å². The van der Waals surface area contributed by atoms with E-state index in [1.807, 2.05) is 62.4 Å². The standard InChI is InChI=1S/C37H36ClN3O5S/c1-3-45-31-19-11-25(12-20-31)23-27-7-6-10-34-35(27)39-41(36(34)26-13-21-32(22-14-26)46-4-2)37(42)28-8-5-9-33(24-28)47(43,44)40-30-17-15-29(38)16-18-30/h5,8-9,11-24,34,36,40H,3-4,6-7,10H2,1-2H3/b27-23+. The molecule has 242 valence electrons. The van der Waals surface area contributed by atoms with Gasteiger partial charge in [0.15, 0.2) is 0 Å². The highest BCUT2D eigenvalue weighted by Gasteiger charge is 2.44. The van der Waals surface area contributed by atoms with Gasteiger partial charge in [-0.25, -0.2) is 13.4 Å². The zero-order chi connectivity index (χ0) is 33.0. The molecule has 1 saturated carbocycles. The number of fused-ring (bicyclic) bond motifs is 1. The number of hydrogen-bond donors (Lipinski definition) is 1. The second-order valence-corrected chi connectivity index (χ2v) is 13.5. The molecule has 0 saturated heterocycles. The van der Waals surface area contributed by atoms with Gasteiger partial charge in [-0.1, -0.05) is 41.9 Å². The number of hydrogen-bond acceptors (Lipinski definition) is 6. The van der Waals surface area contributed by atoms with Gasteiger partial charge in [0.2, 0.25) is 0 Å². The zero-order valence-electron chi connectivity index (χ0n) is 26.2. The molecule has 1 amide bonds. The summed E-state index contributed by atoms with van der Waals surface area (Å²) in [4.78, 5) is 14.3. The van der Waals surface area contributed by atoms with Crippen molar-refractivity contribution in [2.75, 3.05) is 17.9 Å². The first-order valence-corrected chi connectivity index (χ1v) is 17.6. The molecule has 1 fully saturated rings. The summed E-state index contributed by atoms with van der Waals surface area (Å²) in [5.41, 5.74) is 4.51. The fourth-order valence-corrected chi connectivity index (χ4v) is 7.35. The lowest BCUT2D eigenvalue weighted by atomic mass is 9.77. The summed E-state index contributed by atoms with van der Waals surface area (Å²) >= 11 is 5.96. The Bertz CT molecular complexity index is 1910. The van der Waals surface area contributed by atoms with Crippen LogP contribution in [0.5, 0.6) is 11.5 Å². The van der Waals surface area contributed by atoms with Gasteiger partial charge in [-0.3, -0.25) is 9.52 Å². The lowest BCUT2D eigenvalue weighted by Crippen LogP contribution is -2.32. The van der Waals surface area contributed by atoms with Gasteiger partial charge in [0.25, 0.3) is 15.9 Å². The third kappa shape index (κ3) is 7.21. The van der Waals surface area contributed by atoms with E-state index in [4.69, 9.17) is 26.2 Å². The van der Waals surface area contributed by atoms with Gasteiger partial charge in [0, 0.05) is 22.2 Å². The Morgan fingerprint density at radius 3 is 2.26 bits per heavy atom. The number of amides is 1. The van der Waals surface area contributed by atoms with E-state index < -0.39 is 10.0 Å². The maximum absolute atomic E-state index is 14.3. The molecule has 0 aromatic heterocycles. The molecule has 4 aromatic rings. The van der Waals surface area contributed by atoms with Crippen molar-refractivity contribution in [3.8, 4) is 11.5 Å². The monoisotopic (exact) mass is 669 g/mol. The number of carbonyl (C=O) groups excluding carboxylic acids is 1. The Balaban J connectivity index is 1.35. The van der Waals surface area contributed by atoms with Crippen LogP contribution in [-0.2, 0) is 10.0 Å². The molecular formula is C37H36ClN3O5S. The molecule has 1 aliphatic carbocycles. The van der Waals surface area contributed by atoms with Gasteiger partial charge < -0.3 is 9.47 Å². The maximum atomic E-state index is 14.3. The topological polar surface area (TPSA) is 97.3 Å². The number of nitrogens with zero attached hydrogens (tertiary/aromatic N) is 2. The number of hydrazone groups is 1. The van der Waals surface area contributed by atoms with Crippen molar-refractivity contribution in [2.24, 2.45) is 11.0 Å². The Labute approximate surface area is 280 Å². The number of allylic oxidation sites excluding steroid dienone is 1. The average Bonchev–Trinajstić information content (AvgIpc) is 3.48. The van der Waals surface area contributed by atoms with E-state index in [-0.39, 0.29) is 28.3 Å².